The van der Waals surface area contributed by atoms with Gasteiger partial charge in [0.05, 0.1) is 12.4 Å². The van der Waals surface area contributed by atoms with E-state index in [9.17, 15) is 0 Å². The predicted molar refractivity (Wildman–Crippen MR) is 65.5 cm³/mol. The smallest absolute Gasteiger partial charge is 0.105 e. The van der Waals surface area contributed by atoms with Crippen molar-refractivity contribution in [2.75, 3.05) is 14.2 Å². The largest absolute Gasteiger partial charge is 0.469 e. The Hall–Kier alpha value is -0.800. The Balaban J connectivity index is 2.72. The van der Waals surface area contributed by atoms with E-state index in [1.54, 1.807) is 13.4 Å². The number of hydrogen-bond donors (Lipinski definition) is 1. The van der Waals surface area contributed by atoms with E-state index in [1.807, 2.05) is 19.2 Å². The number of ether oxygens (including phenoxy) is 1. The Kier molecular flexibility index (Phi) is 4.56. The van der Waals surface area contributed by atoms with Crippen LogP contribution in [0.1, 0.15) is 26.5 Å². The van der Waals surface area contributed by atoms with Crippen LogP contribution in [0, 0.1) is 5.41 Å². The van der Waals surface area contributed by atoms with Crippen molar-refractivity contribution in [2.45, 2.75) is 39.3 Å². The first-order chi connectivity index (χ1) is 7.49. The molecule has 0 aromatic carbocycles. The molecule has 0 radical (unpaired) electrons. The number of likely N-dealkylation sites (N-methyl/N-ethyl adjacent to an activating group) is 1. The summed E-state index contributed by atoms with van der Waals surface area (Å²) in [6.07, 6.45) is 2.71. The fraction of sp³-hybridized carbons (Fsp3) is 0.692. The van der Waals surface area contributed by atoms with Crippen LogP contribution in [0.5, 0.6) is 0 Å². The molecule has 0 aliphatic heterocycles. The maximum absolute atomic E-state index is 5.61. The highest BCUT2D eigenvalue weighted by atomic mass is 16.5. The van der Waals surface area contributed by atoms with Crippen LogP contribution in [0.4, 0.5) is 0 Å². The van der Waals surface area contributed by atoms with Crippen LogP contribution in [0.15, 0.2) is 22.8 Å². The van der Waals surface area contributed by atoms with Crippen molar-refractivity contribution in [1.82, 2.24) is 5.32 Å². The van der Waals surface area contributed by atoms with E-state index < -0.39 is 0 Å². The Morgan fingerprint density at radius 2 is 2.12 bits per heavy atom. The van der Waals surface area contributed by atoms with Gasteiger partial charge in [-0.25, -0.2) is 0 Å². The molecule has 1 aromatic rings. The number of hydrogen-bond acceptors (Lipinski definition) is 3. The van der Waals surface area contributed by atoms with Crippen LogP contribution in [0.2, 0.25) is 0 Å². The van der Waals surface area contributed by atoms with Gasteiger partial charge < -0.3 is 14.5 Å². The van der Waals surface area contributed by atoms with Gasteiger partial charge in [-0.15, -0.1) is 0 Å². The Morgan fingerprint density at radius 1 is 1.44 bits per heavy atom. The van der Waals surface area contributed by atoms with E-state index in [2.05, 4.69) is 26.1 Å². The van der Waals surface area contributed by atoms with Gasteiger partial charge in [-0.05, 0) is 24.6 Å². The van der Waals surface area contributed by atoms with E-state index in [-0.39, 0.29) is 17.6 Å². The topological polar surface area (TPSA) is 34.4 Å². The van der Waals surface area contributed by atoms with E-state index in [4.69, 9.17) is 9.15 Å². The first-order valence-electron chi connectivity index (χ1n) is 5.71. The van der Waals surface area contributed by atoms with Crippen molar-refractivity contribution in [1.29, 1.82) is 0 Å². The predicted octanol–water partition coefficient (Wildman–Crippen LogP) is 2.47. The highest BCUT2D eigenvalue weighted by Crippen LogP contribution is 2.26. The van der Waals surface area contributed by atoms with Crippen LogP contribution in [0.3, 0.4) is 0 Å². The molecule has 92 valence electrons. The lowest BCUT2D eigenvalue weighted by molar-refractivity contribution is -0.0102. The molecule has 1 heterocycles. The summed E-state index contributed by atoms with van der Waals surface area (Å²) in [5, 5.41) is 3.31. The van der Waals surface area contributed by atoms with Crippen molar-refractivity contribution >= 4 is 0 Å². The summed E-state index contributed by atoms with van der Waals surface area (Å²) in [5.41, 5.74) is 0.106. The molecule has 1 N–H and O–H groups in total. The summed E-state index contributed by atoms with van der Waals surface area (Å²) in [5.74, 6) is 0.991. The third-order valence-electron chi connectivity index (χ3n) is 2.84. The normalized spacial score (nSPS) is 16.1. The zero-order valence-corrected chi connectivity index (χ0v) is 10.9. The SMILES string of the molecule is CNC(Cc1ccco1)C(OC)C(C)(C)C. The van der Waals surface area contributed by atoms with Crippen molar-refractivity contribution in [2.24, 2.45) is 5.41 Å². The second kappa shape index (κ2) is 5.51. The van der Waals surface area contributed by atoms with Gasteiger partial charge in [0.1, 0.15) is 5.76 Å². The van der Waals surface area contributed by atoms with Crippen LogP contribution in [-0.4, -0.2) is 26.3 Å². The molecule has 2 unspecified atom stereocenters. The number of nitrogens with one attached hydrogen (secondary N) is 1. The molecular formula is C13H23NO2. The number of furan rings is 1. The van der Waals surface area contributed by atoms with Gasteiger partial charge in [-0.2, -0.15) is 0 Å². The zero-order valence-electron chi connectivity index (χ0n) is 10.9. The molecule has 3 nitrogen and oxygen atoms in total. The molecule has 0 fully saturated rings. The summed E-state index contributed by atoms with van der Waals surface area (Å²) in [7, 11) is 3.73. The minimum atomic E-state index is 0.106. The maximum Gasteiger partial charge on any atom is 0.105 e. The van der Waals surface area contributed by atoms with Crippen molar-refractivity contribution in [3.05, 3.63) is 24.2 Å². The van der Waals surface area contributed by atoms with Crippen molar-refractivity contribution in [3.63, 3.8) is 0 Å². The minimum absolute atomic E-state index is 0.106. The zero-order chi connectivity index (χ0) is 12.2. The summed E-state index contributed by atoms with van der Waals surface area (Å²) in [4.78, 5) is 0. The van der Waals surface area contributed by atoms with Crippen LogP contribution < -0.4 is 5.32 Å². The molecule has 0 saturated carbocycles. The van der Waals surface area contributed by atoms with Crippen LogP contribution in [0.25, 0.3) is 0 Å². The first kappa shape index (κ1) is 13.3. The Labute approximate surface area is 98.2 Å². The van der Waals surface area contributed by atoms with Crippen LogP contribution in [-0.2, 0) is 11.2 Å². The number of rotatable bonds is 5. The standard InChI is InChI=1S/C13H23NO2/c1-13(2,3)12(15-5)11(14-4)9-10-7-6-8-16-10/h6-8,11-12,14H,9H2,1-5H3. The molecule has 0 amide bonds. The van der Waals surface area contributed by atoms with E-state index >= 15 is 0 Å². The lowest BCUT2D eigenvalue weighted by Crippen LogP contribution is -2.47. The van der Waals surface area contributed by atoms with Gasteiger partial charge in [0, 0.05) is 19.6 Å². The van der Waals surface area contributed by atoms with Gasteiger partial charge in [-0.3, -0.25) is 0 Å². The van der Waals surface area contributed by atoms with Crippen LogP contribution >= 0.6 is 0 Å². The van der Waals surface area contributed by atoms with E-state index in [1.165, 1.54) is 0 Å². The molecule has 1 aromatic heterocycles. The van der Waals surface area contributed by atoms with Gasteiger partial charge in [0.2, 0.25) is 0 Å². The monoisotopic (exact) mass is 225 g/mol. The fourth-order valence-electron chi connectivity index (χ4n) is 2.13. The highest BCUT2D eigenvalue weighted by Gasteiger charge is 2.31. The van der Waals surface area contributed by atoms with Gasteiger partial charge in [0.25, 0.3) is 0 Å². The van der Waals surface area contributed by atoms with E-state index in [0.717, 1.165) is 12.2 Å². The third kappa shape index (κ3) is 3.35. The molecule has 3 heteroatoms. The molecule has 1 rings (SSSR count). The Morgan fingerprint density at radius 3 is 2.50 bits per heavy atom. The fourth-order valence-corrected chi connectivity index (χ4v) is 2.13. The molecule has 0 saturated heterocycles. The second-order valence-corrected chi connectivity index (χ2v) is 5.20. The van der Waals surface area contributed by atoms with Gasteiger partial charge in [-0.1, -0.05) is 20.8 Å². The molecule has 0 bridgehead atoms. The van der Waals surface area contributed by atoms with Crippen molar-refractivity contribution in [3.8, 4) is 0 Å². The maximum atomic E-state index is 5.61. The summed E-state index contributed by atoms with van der Waals surface area (Å²) >= 11 is 0. The first-order valence-corrected chi connectivity index (χ1v) is 5.71. The molecule has 0 aliphatic rings. The van der Waals surface area contributed by atoms with Crippen molar-refractivity contribution < 1.29 is 9.15 Å². The van der Waals surface area contributed by atoms with Gasteiger partial charge >= 0.3 is 0 Å². The summed E-state index contributed by atoms with van der Waals surface area (Å²) in [6, 6.07) is 4.18. The molecular weight excluding hydrogens is 202 g/mol. The highest BCUT2D eigenvalue weighted by molar-refractivity contribution is 5.02. The quantitative estimate of drug-likeness (QED) is 0.836. The average Bonchev–Trinajstić information content (AvgIpc) is 2.67. The second-order valence-electron chi connectivity index (χ2n) is 5.20. The summed E-state index contributed by atoms with van der Waals surface area (Å²) in [6.45, 7) is 6.56. The minimum Gasteiger partial charge on any atom is -0.469 e. The summed E-state index contributed by atoms with van der Waals surface area (Å²) < 4.78 is 11.0. The number of methoxy groups -OCH3 is 1. The Bertz CT molecular complexity index is 287. The van der Waals surface area contributed by atoms with E-state index in [0.29, 0.717) is 0 Å². The molecule has 0 aliphatic carbocycles. The molecule has 2 atom stereocenters. The molecule has 16 heavy (non-hydrogen) atoms. The third-order valence-corrected chi connectivity index (χ3v) is 2.84. The lowest BCUT2D eigenvalue weighted by atomic mass is 9.83. The average molecular weight is 225 g/mol. The molecule has 0 spiro atoms. The van der Waals surface area contributed by atoms with Gasteiger partial charge in [0.15, 0.2) is 0 Å². The lowest BCUT2D eigenvalue weighted by Gasteiger charge is -2.35.